The fourth-order valence-corrected chi connectivity index (χ4v) is 5.31. The highest BCUT2D eigenvalue weighted by atomic mass is 19.4. The monoisotopic (exact) mass is 386 g/mol. The molecule has 2 bridgehead atoms. The van der Waals surface area contributed by atoms with Crippen molar-refractivity contribution in [3.63, 3.8) is 0 Å². The zero-order valence-corrected chi connectivity index (χ0v) is 14.7. The number of piperidine rings is 2. The Kier molecular flexibility index (Phi) is 3.45. The second kappa shape index (κ2) is 5.59. The molecule has 3 heterocycles. The Labute approximate surface area is 159 Å². The number of halogens is 3. The summed E-state index contributed by atoms with van der Waals surface area (Å²) in [6.45, 7) is 0. The molecular weight excluding hydrogens is 369 g/mol. The molecule has 28 heavy (non-hydrogen) atoms. The van der Waals surface area contributed by atoms with Crippen LogP contribution < -0.4 is 10.6 Å². The summed E-state index contributed by atoms with van der Waals surface area (Å²) >= 11 is 0. The minimum atomic E-state index is -4.56. The third-order valence-electron chi connectivity index (χ3n) is 6.35. The van der Waals surface area contributed by atoms with Crippen LogP contribution in [-0.4, -0.2) is 11.8 Å². The first kappa shape index (κ1) is 17.3. The minimum Gasteiger partial charge on any atom is -0.329 e. The van der Waals surface area contributed by atoms with Crippen LogP contribution in [0.3, 0.4) is 0 Å². The van der Waals surface area contributed by atoms with E-state index < -0.39 is 41.1 Å². The molecule has 4 aliphatic rings. The lowest BCUT2D eigenvalue weighted by atomic mass is 9.58. The van der Waals surface area contributed by atoms with E-state index >= 15 is 0 Å². The number of alkyl halides is 3. The molecule has 2 atom stereocenters. The number of carbonyl (C=O) groups is 2. The lowest BCUT2D eigenvalue weighted by Crippen LogP contribution is -2.77. The number of hydrogen-bond acceptors (Lipinski definition) is 2. The fraction of sp³-hybridized carbons (Fsp3) is 0.333. The Hall–Kier alpha value is -2.83. The number of carbonyl (C=O) groups excluding carboxylic acids is 2. The average molecular weight is 386 g/mol. The molecule has 4 nitrogen and oxygen atoms in total. The molecule has 2 N–H and O–H groups in total. The van der Waals surface area contributed by atoms with Crippen LogP contribution in [-0.2, 0) is 27.8 Å². The molecule has 6 rings (SSSR count). The molecule has 0 saturated carbocycles. The Morgan fingerprint density at radius 1 is 0.929 bits per heavy atom. The maximum Gasteiger partial charge on any atom is 0.416 e. The molecule has 1 spiro atoms. The second-order valence-corrected chi connectivity index (χ2v) is 7.68. The molecule has 0 unspecified atom stereocenters. The van der Waals surface area contributed by atoms with E-state index in [0.29, 0.717) is 12.8 Å². The molecule has 3 fully saturated rings. The van der Waals surface area contributed by atoms with E-state index in [0.717, 1.165) is 17.2 Å². The van der Waals surface area contributed by atoms with Crippen molar-refractivity contribution < 1.29 is 22.8 Å². The molecule has 2 aromatic rings. The SMILES string of the molecule is O=C1NC23NC(=O)C1[C@H](c1ccccc1C(F)(F)F)[C@H]2CCc1ccccc13. The van der Waals surface area contributed by atoms with Crippen molar-refractivity contribution in [3.8, 4) is 0 Å². The van der Waals surface area contributed by atoms with Gasteiger partial charge < -0.3 is 10.6 Å². The van der Waals surface area contributed by atoms with Crippen molar-refractivity contribution >= 4 is 11.8 Å². The zero-order valence-electron chi connectivity index (χ0n) is 14.7. The summed E-state index contributed by atoms with van der Waals surface area (Å²) in [6.07, 6.45) is -3.29. The van der Waals surface area contributed by atoms with Crippen LogP contribution in [0.25, 0.3) is 0 Å². The van der Waals surface area contributed by atoms with Gasteiger partial charge in [-0.3, -0.25) is 9.59 Å². The van der Waals surface area contributed by atoms with Gasteiger partial charge in [0.05, 0.1) is 5.56 Å². The first-order chi connectivity index (χ1) is 13.3. The molecule has 2 amide bonds. The van der Waals surface area contributed by atoms with Gasteiger partial charge in [0.15, 0.2) is 0 Å². The van der Waals surface area contributed by atoms with Gasteiger partial charge in [-0.15, -0.1) is 0 Å². The predicted octanol–water partition coefficient (Wildman–Crippen LogP) is 3.08. The maximum atomic E-state index is 13.7. The topological polar surface area (TPSA) is 58.2 Å². The largest absolute Gasteiger partial charge is 0.416 e. The number of hydrogen-bond donors (Lipinski definition) is 2. The van der Waals surface area contributed by atoms with Gasteiger partial charge in [-0.25, -0.2) is 0 Å². The summed E-state index contributed by atoms with van der Waals surface area (Å²) in [7, 11) is 0. The maximum absolute atomic E-state index is 13.7. The van der Waals surface area contributed by atoms with Gasteiger partial charge in [0.2, 0.25) is 11.8 Å². The van der Waals surface area contributed by atoms with Gasteiger partial charge in [-0.1, -0.05) is 42.5 Å². The normalized spacial score (nSPS) is 30.9. The summed E-state index contributed by atoms with van der Waals surface area (Å²) in [5.41, 5.74) is -0.162. The average Bonchev–Trinajstić information content (AvgIpc) is 2.66. The number of fused-ring (bicyclic) bond motifs is 3. The molecular formula is C21H17F3N2O2. The van der Waals surface area contributed by atoms with E-state index in [4.69, 9.17) is 0 Å². The van der Waals surface area contributed by atoms with Crippen molar-refractivity contribution in [2.75, 3.05) is 0 Å². The Balaban J connectivity index is 1.74. The quantitative estimate of drug-likeness (QED) is 0.740. The van der Waals surface area contributed by atoms with E-state index in [1.54, 1.807) is 0 Å². The first-order valence-corrected chi connectivity index (χ1v) is 9.21. The van der Waals surface area contributed by atoms with Gasteiger partial charge in [-0.05, 0) is 30.0 Å². The predicted molar refractivity (Wildman–Crippen MR) is 93.9 cm³/mol. The molecule has 0 aromatic heterocycles. The molecule has 1 aliphatic carbocycles. The fourth-order valence-electron chi connectivity index (χ4n) is 5.31. The summed E-state index contributed by atoms with van der Waals surface area (Å²) in [5, 5.41) is 5.85. The van der Waals surface area contributed by atoms with Gasteiger partial charge in [0.25, 0.3) is 0 Å². The molecule has 3 aliphatic heterocycles. The van der Waals surface area contributed by atoms with Crippen molar-refractivity contribution in [2.45, 2.75) is 30.6 Å². The van der Waals surface area contributed by atoms with Crippen molar-refractivity contribution in [2.24, 2.45) is 11.8 Å². The third-order valence-corrected chi connectivity index (χ3v) is 6.35. The third kappa shape index (κ3) is 2.19. The molecule has 2 aromatic carbocycles. The summed E-state index contributed by atoms with van der Waals surface area (Å²) < 4.78 is 41.1. The van der Waals surface area contributed by atoms with Crippen LogP contribution in [0.15, 0.2) is 48.5 Å². The number of aryl methyl sites for hydroxylation is 1. The van der Waals surface area contributed by atoms with E-state index in [9.17, 15) is 22.8 Å². The van der Waals surface area contributed by atoms with E-state index in [2.05, 4.69) is 10.6 Å². The number of benzene rings is 2. The number of rotatable bonds is 1. The zero-order chi connectivity index (χ0) is 19.7. The van der Waals surface area contributed by atoms with Crippen molar-refractivity contribution in [1.29, 1.82) is 0 Å². The minimum absolute atomic E-state index is 0.0263. The van der Waals surface area contributed by atoms with Crippen LogP contribution in [0.2, 0.25) is 0 Å². The van der Waals surface area contributed by atoms with E-state index in [-0.39, 0.29) is 11.5 Å². The van der Waals surface area contributed by atoms with Gasteiger partial charge in [0, 0.05) is 17.4 Å². The van der Waals surface area contributed by atoms with Gasteiger partial charge in [0.1, 0.15) is 11.6 Å². The van der Waals surface area contributed by atoms with Crippen LogP contribution in [0.5, 0.6) is 0 Å². The Bertz CT molecular complexity index is 983. The van der Waals surface area contributed by atoms with Crippen LogP contribution in [0.1, 0.15) is 34.6 Å². The van der Waals surface area contributed by atoms with Gasteiger partial charge in [-0.2, -0.15) is 13.2 Å². The molecule has 7 heteroatoms. The van der Waals surface area contributed by atoms with Gasteiger partial charge >= 0.3 is 6.18 Å². The van der Waals surface area contributed by atoms with Crippen molar-refractivity contribution in [1.82, 2.24) is 10.6 Å². The molecule has 144 valence electrons. The number of amides is 2. The lowest BCUT2D eigenvalue weighted by Gasteiger charge is -2.58. The Morgan fingerprint density at radius 2 is 1.57 bits per heavy atom. The standard InChI is InChI=1S/C21H17F3N2O2/c22-21(23,24)14-8-4-2-6-12(14)16-15-10-9-11-5-1-3-7-13(11)20(15)25-18(27)17(16)19(28)26-20/h1-8,15-17H,9-10H2,(H,25,27)(H,26,28)/t15-,16-,17?,20?/m1/s1. The Morgan fingerprint density at radius 3 is 2.29 bits per heavy atom. The molecule has 0 radical (unpaired) electrons. The highest BCUT2D eigenvalue weighted by Gasteiger charge is 2.63. The summed E-state index contributed by atoms with van der Waals surface area (Å²) in [5.74, 6) is -3.38. The van der Waals surface area contributed by atoms with Crippen LogP contribution >= 0.6 is 0 Å². The second-order valence-electron chi connectivity index (χ2n) is 7.68. The summed E-state index contributed by atoms with van der Waals surface area (Å²) in [4.78, 5) is 25.6. The van der Waals surface area contributed by atoms with Crippen LogP contribution in [0, 0.1) is 11.8 Å². The van der Waals surface area contributed by atoms with E-state index in [1.807, 2.05) is 24.3 Å². The highest BCUT2D eigenvalue weighted by molar-refractivity contribution is 6.05. The van der Waals surface area contributed by atoms with Crippen molar-refractivity contribution in [3.05, 3.63) is 70.8 Å². The first-order valence-electron chi connectivity index (χ1n) is 9.21. The van der Waals surface area contributed by atoms with E-state index in [1.165, 1.54) is 18.2 Å². The summed E-state index contributed by atoms with van der Waals surface area (Å²) in [6, 6.07) is 12.8. The number of nitrogens with one attached hydrogen (secondary N) is 2. The highest BCUT2D eigenvalue weighted by Crippen LogP contribution is 2.55. The molecule has 3 saturated heterocycles. The van der Waals surface area contributed by atoms with Crippen LogP contribution in [0.4, 0.5) is 13.2 Å². The lowest BCUT2D eigenvalue weighted by molar-refractivity contribution is -0.159. The smallest absolute Gasteiger partial charge is 0.329 e.